The Morgan fingerprint density at radius 2 is 1.61 bits per heavy atom. The van der Waals surface area contributed by atoms with Crippen LogP contribution in [-0.2, 0) is 6.18 Å². The highest BCUT2D eigenvalue weighted by atomic mass is 35.5. The van der Waals surface area contributed by atoms with Gasteiger partial charge in [-0.1, -0.05) is 35.3 Å². The molecular weight excluding hydrogens is 284 g/mol. The van der Waals surface area contributed by atoms with Crippen molar-refractivity contribution in [3.63, 3.8) is 0 Å². The zero-order valence-electron chi connectivity index (χ0n) is 8.93. The molecule has 0 saturated carbocycles. The monoisotopic (exact) mass is 290 g/mol. The van der Waals surface area contributed by atoms with Crippen molar-refractivity contribution in [1.29, 1.82) is 0 Å². The number of halogens is 5. The Morgan fingerprint density at radius 3 is 2.22 bits per heavy atom. The summed E-state index contributed by atoms with van der Waals surface area (Å²) in [5.41, 5.74) is 0.134. The number of hydrogen-bond donors (Lipinski definition) is 0. The Kier molecular flexibility index (Phi) is 3.55. The highest BCUT2D eigenvalue weighted by Gasteiger charge is 2.31. The van der Waals surface area contributed by atoms with E-state index in [1.807, 2.05) is 0 Å². The van der Waals surface area contributed by atoms with Gasteiger partial charge in [0, 0.05) is 15.6 Å². The van der Waals surface area contributed by atoms with Crippen molar-refractivity contribution >= 4 is 23.2 Å². The Bertz CT molecular complexity index is 577. The zero-order chi connectivity index (χ0) is 13.3. The van der Waals surface area contributed by atoms with E-state index in [1.165, 1.54) is 6.07 Å². The third-order valence-corrected chi connectivity index (χ3v) is 2.99. The van der Waals surface area contributed by atoms with E-state index in [0.29, 0.717) is 16.1 Å². The van der Waals surface area contributed by atoms with Crippen molar-refractivity contribution in [3.8, 4) is 11.1 Å². The molecule has 0 aliphatic rings. The van der Waals surface area contributed by atoms with Crippen LogP contribution in [0.25, 0.3) is 11.1 Å². The van der Waals surface area contributed by atoms with Gasteiger partial charge in [-0.2, -0.15) is 13.2 Å². The van der Waals surface area contributed by atoms with Gasteiger partial charge in [-0.05, 0) is 35.9 Å². The maximum Gasteiger partial charge on any atom is 0.416 e. The third kappa shape index (κ3) is 2.79. The fourth-order valence-electron chi connectivity index (χ4n) is 1.58. The van der Waals surface area contributed by atoms with Gasteiger partial charge in [0.15, 0.2) is 0 Å². The molecule has 0 aliphatic heterocycles. The SMILES string of the molecule is FC(F)(F)c1ccc(Cl)c(-c2cccc(Cl)c2)c1. The molecule has 0 nitrogen and oxygen atoms in total. The highest BCUT2D eigenvalue weighted by Crippen LogP contribution is 2.36. The largest absolute Gasteiger partial charge is 0.416 e. The second kappa shape index (κ2) is 4.82. The topological polar surface area (TPSA) is 0 Å². The zero-order valence-corrected chi connectivity index (χ0v) is 10.4. The first-order valence-corrected chi connectivity index (χ1v) is 5.76. The van der Waals surface area contributed by atoms with E-state index < -0.39 is 11.7 Å². The summed E-state index contributed by atoms with van der Waals surface area (Å²) in [6, 6.07) is 9.75. The average molecular weight is 291 g/mol. The second-order valence-corrected chi connectivity index (χ2v) is 4.55. The molecule has 5 heteroatoms. The fraction of sp³-hybridized carbons (Fsp3) is 0.0769. The molecule has 0 N–H and O–H groups in total. The van der Waals surface area contributed by atoms with Gasteiger partial charge in [0.25, 0.3) is 0 Å². The molecule has 0 radical (unpaired) electrons. The maximum absolute atomic E-state index is 12.6. The van der Waals surface area contributed by atoms with Gasteiger partial charge in [-0.25, -0.2) is 0 Å². The molecule has 0 bridgehead atoms. The highest BCUT2D eigenvalue weighted by molar-refractivity contribution is 6.33. The average Bonchev–Trinajstić information content (AvgIpc) is 2.28. The summed E-state index contributed by atoms with van der Waals surface area (Å²) in [5, 5.41) is 0.700. The van der Waals surface area contributed by atoms with E-state index in [1.54, 1.807) is 24.3 Å². The van der Waals surface area contributed by atoms with Gasteiger partial charge in [0.1, 0.15) is 0 Å². The van der Waals surface area contributed by atoms with E-state index >= 15 is 0 Å². The molecule has 94 valence electrons. The van der Waals surface area contributed by atoms with Crippen LogP contribution in [0.5, 0.6) is 0 Å². The minimum Gasteiger partial charge on any atom is -0.166 e. The minimum atomic E-state index is -4.39. The second-order valence-electron chi connectivity index (χ2n) is 3.70. The maximum atomic E-state index is 12.6. The molecule has 0 aromatic heterocycles. The molecule has 0 amide bonds. The van der Waals surface area contributed by atoms with E-state index in [9.17, 15) is 13.2 Å². The molecule has 2 rings (SSSR count). The number of benzene rings is 2. The molecule has 0 unspecified atom stereocenters. The number of rotatable bonds is 1. The predicted molar refractivity (Wildman–Crippen MR) is 66.9 cm³/mol. The molecular formula is C13H7Cl2F3. The van der Waals surface area contributed by atoms with Gasteiger partial charge >= 0.3 is 6.18 Å². The number of alkyl halides is 3. The Balaban J connectivity index is 2.57. The van der Waals surface area contributed by atoms with Crippen LogP contribution < -0.4 is 0 Å². The molecule has 18 heavy (non-hydrogen) atoms. The summed E-state index contributed by atoms with van der Waals surface area (Å²) in [5.74, 6) is 0. The van der Waals surface area contributed by atoms with Crippen molar-refractivity contribution in [2.75, 3.05) is 0 Å². The Labute approximate surface area is 112 Å². The molecule has 0 atom stereocenters. The minimum absolute atomic E-state index is 0.255. The Hall–Kier alpha value is -1.19. The summed E-state index contributed by atoms with van der Waals surface area (Å²) < 4.78 is 37.9. The molecule has 2 aromatic rings. The van der Waals surface area contributed by atoms with Crippen molar-refractivity contribution in [2.45, 2.75) is 6.18 Å². The van der Waals surface area contributed by atoms with Crippen molar-refractivity contribution in [3.05, 3.63) is 58.1 Å². The molecule has 0 aliphatic carbocycles. The first-order valence-electron chi connectivity index (χ1n) is 5.00. The van der Waals surface area contributed by atoms with Crippen LogP contribution in [0.15, 0.2) is 42.5 Å². The molecule has 0 spiro atoms. The summed E-state index contributed by atoms with van der Waals surface area (Å²) in [7, 11) is 0. The normalized spacial score (nSPS) is 11.6. The van der Waals surface area contributed by atoms with Crippen LogP contribution in [-0.4, -0.2) is 0 Å². The third-order valence-electron chi connectivity index (χ3n) is 2.43. The smallest absolute Gasteiger partial charge is 0.166 e. The summed E-state index contributed by atoms with van der Waals surface area (Å²) in [4.78, 5) is 0. The molecule has 0 heterocycles. The Morgan fingerprint density at radius 1 is 0.889 bits per heavy atom. The van der Waals surface area contributed by atoms with Crippen LogP contribution in [0.3, 0.4) is 0 Å². The van der Waals surface area contributed by atoms with Crippen LogP contribution in [0.4, 0.5) is 13.2 Å². The van der Waals surface area contributed by atoms with E-state index in [2.05, 4.69) is 0 Å². The van der Waals surface area contributed by atoms with Crippen LogP contribution in [0, 0.1) is 0 Å². The quantitative estimate of drug-likeness (QED) is 0.634. The van der Waals surface area contributed by atoms with Crippen molar-refractivity contribution < 1.29 is 13.2 Å². The van der Waals surface area contributed by atoms with Gasteiger partial charge < -0.3 is 0 Å². The van der Waals surface area contributed by atoms with Crippen LogP contribution in [0.1, 0.15) is 5.56 Å². The summed E-state index contributed by atoms with van der Waals surface area (Å²) >= 11 is 11.7. The van der Waals surface area contributed by atoms with E-state index in [4.69, 9.17) is 23.2 Å². The molecule has 0 fully saturated rings. The van der Waals surface area contributed by atoms with Crippen molar-refractivity contribution in [2.24, 2.45) is 0 Å². The molecule has 2 aromatic carbocycles. The first kappa shape index (κ1) is 13.2. The van der Waals surface area contributed by atoms with Crippen molar-refractivity contribution in [1.82, 2.24) is 0 Å². The lowest BCUT2D eigenvalue weighted by Crippen LogP contribution is -2.04. The predicted octanol–water partition coefficient (Wildman–Crippen LogP) is 5.68. The summed E-state index contributed by atoms with van der Waals surface area (Å²) in [6.07, 6.45) is -4.39. The van der Waals surface area contributed by atoms with Gasteiger partial charge in [0.05, 0.1) is 5.56 Å². The van der Waals surface area contributed by atoms with Crippen LogP contribution in [0.2, 0.25) is 10.0 Å². The lowest BCUT2D eigenvalue weighted by molar-refractivity contribution is -0.137. The molecule has 0 saturated heterocycles. The lowest BCUT2D eigenvalue weighted by atomic mass is 10.0. The van der Waals surface area contributed by atoms with E-state index in [-0.39, 0.29) is 5.02 Å². The fourth-order valence-corrected chi connectivity index (χ4v) is 2.00. The van der Waals surface area contributed by atoms with E-state index in [0.717, 1.165) is 12.1 Å². The van der Waals surface area contributed by atoms with Gasteiger partial charge in [-0.3, -0.25) is 0 Å². The van der Waals surface area contributed by atoms with Crippen LogP contribution >= 0.6 is 23.2 Å². The van der Waals surface area contributed by atoms with Gasteiger partial charge in [-0.15, -0.1) is 0 Å². The lowest BCUT2D eigenvalue weighted by Gasteiger charge is -2.10. The summed E-state index contributed by atoms with van der Waals surface area (Å²) in [6.45, 7) is 0. The number of hydrogen-bond acceptors (Lipinski definition) is 0. The van der Waals surface area contributed by atoms with Gasteiger partial charge in [0.2, 0.25) is 0 Å². The first-order chi connectivity index (χ1) is 8.38. The standard InChI is InChI=1S/C13H7Cl2F3/c14-10-3-1-2-8(6-10)11-7-9(13(16,17)18)4-5-12(11)15/h1-7H.